The second-order valence-electron chi connectivity index (χ2n) is 2.63. The molecule has 1 aromatic rings. The van der Waals surface area contributed by atoms with Crippen molar-refractivity contribution in [2.45, 2.75) is 12.6 Å². The minimum Gasteiger partial charge on any atom is -0.336 e. The first-order valence-corrected chi connectivity index (χ1v) is 5.12. The van der Waals surface area contributed by atoms with Crippen LogP contribution in [0.15, 0.2) is 6.20 Å². The average Bonchev–Trinajstić information content (AvgIpc) is 2.32. The summed E-state index contributed by atoms with van der Waals surface area (Å²) in [7, 11) is -4.24. The molecule has 0 aromatic carbocycles. The molecule has 1 rings (SSSR count). The molecular weight excluding hydrogens is 195 g/mol. The Balaban J connectivity index is 2.81. The molecule has 0 saturated carbocycles. The fraction of sp³-hybridized carbons (Fsp3) is 0.400. The third kappa shape index (κ3) is 2.91. The second kappa shape index (κ2) is 3.57. The quantitative estimate of drug-likeness (QED) is 0.286. The number of H-pyrrole nitrogens is 1. The fourth-order valence-electron chi connectivity index (χ4n) is 0.826. The molecule has 74 valence electrons. The highest BCUT2D eigenvalue weighted by atomic mass is 31.2. The topological polar surface area (TPSA) is 138 Å². The van der Waals surface area contributed by atoms with Gasteiger partial charge in [0.25, 0.3) is 0 Å². The van der Waals surface area contributed by atoms with Crippen LogP contribution in [0.5, 0.6) is 0 Å². The zero-order valence-electron chi connectivity index (χ0n) is 6.71. The summed E-state index contributed by atoms with van der Waals surface area (Å²) in [6.45, 7) is 0. The first-order valence-electron chi connectivity index (χ1n) is 3.51. The molecule has 8 heteroatoms. The molecule has 1 heterocycles. The van der Waals surface area contributed by atoms with Crippen LogP contribution in [0.2, 0.25) is 0 Å². The van der Waals surface area contributed by atoms with Gasteiger partial charge >= 0.3 is 7.60 Å². The predicted molar refractivity (Wildman–Crippen MR) is 46.1 cm³/mol. The molecule has 0 amide bonds. The molecule has 13 heavy (non-hydrogen) atoms. The Hall–Kier alpha value is -0.720. The van der Waals surface area contributed by atoms with E-state index < -0.39 is 13.8 Å². The van der Waals surface area contributed by atoms with Crippen LogP contribution in [-0.4, -0.2) is 25.9 Å². The van der Waals surface area contributed by atoms with E-state index in [1.807, 2.05) is 0 Å². The van der Waals surface area contributed by atoms with Gasteiger partial charge < -0.3 is 26.2 Å². The molecule has 0 atom stereocenters. The van der Waals surface area contributed by atoms with Gasteiger partial charge in [-0.3, -0.25) is 4.57 Å². The van der Waals surface area contributed by atoms with Crippen molar-refractivity contribution in [2.24, 2.45) is 11.5 Å². The van der Waals surface area contributed by atoms with Crippen molar-refractivity contribution in [3.8, 4) is 0 Å². The lowest BCUT2D eigenvalue weighted by Crippen LogP contribution is -2.33. The second-order valence-corrected chi connectivity index (χ2v) is 4.20. The van der Waals surface area contributed by atoms with Crippen molar-refractivity contribution in [3.63, 3.8) is 0 Å². The van der Waals surface area contributed by atoms with Gasteiger partial charge in [0.1, 0.15) is 11.3 Å². The van der Waals surface area contributed by atoms with Crippen LogP contribution in [0.4, 0.5) is 0 Å². The lowest BCUT2D eigenvalue weighted by molar-refractivity contribution is 0.386. The molecule has 1 aromatic heterocycles. The predicted octanol–water partition coefficient (Wildman–Crippen LogP) is -2.00. The van der Waals surface area contributed by atoms with E-state index in [9.17, 15) is 4.57 Å². The highest BCUT2D eigenvalue weighted by Gasteiger charge is 2.19. The van der Waals surface area contributed by atoms with Gasteiger partial charge in [0.15, 0.2) is 0 Å². The molecule has 0 fully saturated rings. The Morgan fingerprint density at radius 2 is 2.23 bits per heavy atom. The monoisotopic (exact) mass is 206 g/mol. The van der Waals surface area contributed by atoms with Crippen molar-refractivity contribution < 1.29 is 14.4 Å². The fourth-order valence-corrected chi connectivity index (χ4v) is 1.31. The van der Waals surface area contributed by atoms with E-state index in [0.717, 1.165) is 6.20 Å². The molecule has 0 saturated heterocycles. The largest absolute Gasteiger partial charge is 0.373 e. The normalized spacial score (nSPS) is 12.4. The highest BCUT2D eigenvalue weighted by Crippen LogP contribution is 2.31. The molecular formula is C5H11N4O3P. The summed E-state index contributed by atoms with van der Waals surface area (Å²) in [5.74, 6) is 0.369. The summed E-state index contributed by atoms with van der Waals surface area (Å²) in [5.41, 5.74) is 10.3. The first kappa shape index (κ1) is 10.4. The molecule has 0 unspecified atom stereocenters. The molecule has 0 aliphatic heterocycles. The lowest BCUT2D eigenvalue weighted by atomic mass is 10.3. The number of aromatic nitrogens is 2. The van der Waals surface area contributed by atoms with Gasteiger partial charge in [0.2, 0.25) is 0 Å². The number of rotatable bonds is 3. The maximum atomic E-state index is 10.7. The minimum atomic E-state index is -4.24. The van der Waals surface area contributed by atoms with E-state index in [0.29, 0.717) is 5.82 Å². The smallest absolute Gasteiger partial charge is 0.336 e. The third-order valence-corrected chi connectivity index (χ3v) is 2.21. The number of nitrogens with one attached hydrogen (secondary N) is 1. The lowest BCUT2D eigenvalue weighted by Gasteiger charge is -2.01. The molecule has 0 spiro atoms. The minimum absolute atomic E-state index is 0.219. The molecule has 7 nitrogen and oxygen atoms in total. The standard InChI is InChI=1S/C5H11N4O3P/c6-3(7)1-4-8-2-5(9-4)13(10,11)12/h2-3H,1,6-7H2,(H,8,9)(H2,10,11,12). The maximum Gasteiger partial charge on any atom is 0.373 e. The molecule has 7 N–H and O–H groups in total. The van der Waals surface area contributed by atoms with E-state index in [-0.39, 0.29) is 11.9 Å². The Kier molecular flexibility index (Phi) is 2.84. The van der Waals surface area contributed by atoms with Gasteiger partial charge in [-0.05, 0) is 0 Å². The number of imidazole rings is 1. The van der Waals surface area contributed by atoms with E-state index in [1.165, 1.54) is 0 Å². The summed E-state index contributed by atoms with van der Waals surface area (Å²) in [5, 5.41) is 0. The summed E-state index contributed by atoms with van der Waals surface area (Å²) < 4.78 is 10.7. The summed E-state index contributed by atoms with van der Waals surface area (Å²) >= 11 is 0. The summed E-state index contributed by atoms with van der Waals surface area (Å²) in [6, 6.07) is 0. The highest BCUT2D eigenvalue weighted by molar-refractivity contribution is 7.60. The number of hydrogen-bond acceptors (Lipinski definition) is 4. The maximum absolute atomic E-state index is 10.7. The first-order chi connectivity index (χ1) is 5.89. The summed E-state index contributed by atoms with van der Waals surface area (Å²) in [4.78, 5) is 23.6. The SMILES string of the molecule is NC(N)Cc1ncc(P(=O)(O)O)[nH]1. The summed E-state index contributed by atoms with van der Waals surface area (Å²) in [6.07, 6.45) is 0.745. The number of aromatic amines is 1. The number of nitrogens with zero attached hydrogens (tertiary/aromatic N) is 1. The number of nitrogens with two attached hydrogens (primary N) is 2. The van der Waals surface area contributed by atoms with E-state index in [1.54, 1.807) is 0 Å². The molecule has 0 radical (unpaired) electrons. The molecule has 0 aliphatic rings. The average molecular weight is 206 g/mol. The van der Waals surface area contributed by atoms with Crippen LogP contribution in [0.25, 0.3) is 0 Å². The van der Waals surface area contributed by atoms with Crippen molar-refractivity contribution >= 4 is 13.0 Å². The number of hydrogen-bond donors (Lipinski definition) is 5. The van der Waals surface area contributed by atoms with Crippen LogP contribution in [0.3, 0.4) is 0 Å². The Morgan fingerprint density at radius 3 is 2.62 bits per heavy atom. The zero-order valence-corrected chi connectivity index (χ0v) is 7.61. The zero-order chi connectivity index (χ0) is 10.1. The van der Waals surface area contributed by atoms with E-state index >= 15 is 0 Å². The molecule has 0 bridgehead atoms. The van der Waals surface area contributed by atoms with Gasteiger partial charge in [0, 0.05) is 6.42 Å². The van der Waals surface area contributed by atoms with Crippen LogP contribution in [0, 0.1) is 0 Å². The van der Waals surface area contributed by atoms with Crippen molar-refractivity contribution in [1.29, 1.82) is 0 Å². The van der Waals surface area contributed by atoms with Crippen LogP contribution in [-0.2, 0) is 11.0 Å². The Morgan fingerprint density at radius 1 is 1.62 bits per heavy atom. The Bertz CT molecular complexity index is 330. The third-order valence-electron chi connectivity index (χ3n) is 1.36. The van der Waals surface area contributed by atoms with Crippen LogP contribution < -0.4 is 16.9 Å². The van der Waals surface area contributed by atoms with Crippen molar-refractivity contribution in [1.82, 2.24) is 9.97 Å². The Labute approximate surface area is 74.3 Å². The van der Waals surface area contributed by atoms with E-state index in [2.05, 4.69) is 9.97 Å². The van der Waals surface area contributed by atoms with Gasteiger partial charge in [-0.15, -0.1) is 0 Å². The van der Waals surface area contributed by atoms with Gasteiger partial charge in [-0.2, -0.15) is 0 Å². The van der Waals surface area contributed by atoms with Gasteiger partial charge in [0.05, 0.1) is 12.4 Å². The van der Waals surface area contributed by atoms with Crippen LogP contribution in [0.1, 0.15) is 5.82 Å². The molecule has 0 aliphatic carbocycles. The van der Waals surface area contributed by atoms with E-state index in [4.69, 9.17) is 21.3 Å². The van der Waals surface area contributed by atoms with Crippen LogP contribution >= 0.6 is 7.60 Å². The van der Waals surface area contributed by atoms with Crippen molar-refractivity contribution in [2.75, 3.05) is 0 Å². The van der Waals surface area contributed by atoms with Gasteiger partial charge in [-0.1, -0.05) is 0 Å². The van der Waals surface area contributed by atoms with Gasteiger partial charge in [-0.25, -0.2) is 4.98 Å². The van der Waals surface area contributed by atoms with Crippen molar-refractivity contribution in [3.05, 3.63) is 12.0 Å².